The number of nitrogens with zero attached hydrogens (tertiary/aromatic N) is 4. The van der Waals surface area contributed by atoms with Gasteiger partial charge in [-0.25, -0.2) is 9.50 Å². The molecule has 74 valence electrons. The molecule has 3 aromatic heterocycles. The van der Waals surface area contributed by atoms with Crippen LogP contribution in [-0.4, -0.2) is 24.8 Å². The molecule has 3 heterocycles. The highest BCUT2D eigenvalue weighted by Gasteiger charge is 2.07. The zero-order valence-electron chi connectivity index (χ0n) is 7.55. The summed E-state index contributed by atoms with van der Waals surface area (Å²) >= 11 is 5.97. The molecule has 1 N–H and O–H groups in total. The summed E-state index contributed by atoms with van der Waals surface area (Å²) in [6.45, 7) is 0. The topological polar surface area (TPSA) is 58.9 Å². The quantitative estimate of drug-likeness (QED) is 0.635. The summed E-state index contributed by atoms with van der Waals surface area (Å²) in [5.41, 5.74) is 2.43. The Balaban J connectivity index is 2.27. The average molecular weight is 220 g/mol. The highest BCUT2D eigenvalue weighted by Crippen LogP contribution is 2.19. The fraction of sp³-hybridized carbons (Fsp3) is 0. The van der Waals surface area contributed by atoms with Crippen LogP contribution in [0.2, 0.25) is 5.15 Å². The maximum atomic E-state index is 5.97. The molecule has 0 bridgehead atoms. The van der Waals surface area contributed by atoms with Crippen LogP contribution >= 0.6 is 11.6 Å². The van der Waals surface area contributed by atoms with Crippen LogP contribution in [0.3, 0.4) is 0 Å². The SMILES string of the molecule is Clc1ccnc2cc(-c3cn[nH]c3)nn12. The van der Waals surface area contributed by atoms with E-state index in [4.69, 9.17) is 11.6 Å². The average Bonchev–Trinajstić information content (AvgIpc) is 2.86. The van der Waals surface area contributed by atoms with E-state index in [0.29, 0.717) is 5.15 Å². The Morgan fingerprint density at radius 2 is 2.33 bits per heavy atom. The third kappa shape index (κ3) is 1.28. The molecule has 0 aliphatic heterocycles. The third-order valence-electron chi connectivity index (χ3n) is 2.11. The van der Waals surface area contributed by atoms with Crippen molar-refractivity contribution in [2.75, 3.05) is 0 Å². The standard InChI is InChI=1S/C9H6ClN5/c10-8-1-2-11-9-3-7(14-15(8)9)6-4-12-13-5-6/h1-5H,(H,12,13). The van der Waals surface area contributed by atoms with Crippen molar-refractivity contribution < 1.29 is 0 Å². The van der Waals surface area contributed by atoms with Gasteiger partial charge in [0, 0.05) is 24.0 Å². The predicted molar refractivity (Wildman–Crippen MR) is 55.6 cm³/mol. The number of hydrogen-bond donors (Lipinski definition) is 1. The number of hydrogen-bond acceptors (Lipinski definition) is 3. The summed E-state index contributed by atoms with van der Waals surface area (Å²) in [6, 6.07) is 3.55. The minimum Gasteiger partial charge on any atom is -0.285 e. The Kier molecular flexibility index (Phi) is 1.72. The number of aromatic nitrogens is 5. The van der Waals surface area contributed by atoms with Crippen molar-refractivity contribution in [2.45, 2.75) is 0 Å². The molecule has 0 aliphatic rings. The van der Waals surface area contributed by atoms with E-state index in [9.17, 15) is 0 Å². The van der Waals surface area contributed by atoms with Gasteiger partial charge in [0.1, 0.15) is 5.15 Å². The summed E-state index contributed by atoms with van der Waals surface area (Å²) in [7, 11) is 0. The minimum atomic E-state index is 0.537. The molecule has 0 atom stereocenters. The first kappa shape index (κ1) is 8.43. The van der Waals surface area contributed by atoms with Gasteiger partial charge in [0.15, 0.2) is 5.65 Å². The molecule has 3 rings (SSSR count). The summed E-state index contributed by atoms with van der Waals surface area (Å²) in [5, 5.41) is 11.5. The Labute approximate surface area is 89.7 Å². The first-order valence-electron chi connectivity index (χ1n) is 4.34. The number of rotatable bonds is 1. The van der Waals surface area contributed by atoms with Crippen molar-refractivity contribution in [1.82, 2.24) is 24.8 Å². The van der Waals surface area contributed by atoms with Crippen LogP contribution in [-0.2, 0) is 0 Å². The van der Waals surface area contributed by atoms with Crippen molar-refractivity contribution in [3.8, 4) is 11.3 Å². The Hall–Kier alpha value is -1.88. The van der Waals surface area contributed by atoms with Crippen LogP contribution in [0, 0.1) is 0 Å². The number of fused-ring (bicyclic) bond motifs is 1. The van der Waals surface area contributed by atoms with E-state index in [1.54, 1.807) is 29.2 Å². The lowest BCUT2D eigenvalue weighted by atomic mass is 10.3. The van der Waals surface area contributed by atoms with Crippen LogP contribution in [0.5, 0.6) is 0 Å². The van der Waals surface area contributed by atoms with E-state index in [1.807, 2.05) is 6.07 Å². The molecule has 0 unspecified atom stereocenters. The number of nitrogens with one attached hydrogen (secondary N) is 1. The second-order valence-electron chi connectivity index (χ2n) is 3.05. The molecule has 0 saturated carbocycles. The van der Waals surface area contributed by atoms with E-state index in [0.717, 1.165) is 16.9 Å². The van der Waals surface area contributed by atoms with Gasteiger partial charge < -0.3 is 0 Å². The maximum absolute atomic E-state index is 5.97. The van der Waals surface area contributed by atoms with Crippen molar-refractivity contribution >= 4 is 17.2 Å². The van der Waals surface area contributed by atoms with Gasteiger partial charge in [-0.15, -0.1) is 0 Å². The fourth-order valence-corrected chi connectivity index (χ4v) is 1.58. The zero-order valence-corrected chi connectivity index (χ0v) is 8.31. The highest BCUT2D eigenvalue weighted by molar-refractivity contribution is 6.29. The first-order valence-corrected chi connectivity index (χ1v) is 4.72. The van der Waals surface area contributed by atoms with Gasteiger partial charge in [-0.2, -0.15) is 10.2 Å². The lowest BCUT2D eigenvalue weighted by Gasteiger charge is -1.92. The third-order valence-corrected chi connectivity index (χ3v) is 2.39. The Morgan fingerprint density at radius 1 is 1.40 bits per heavy atom. The monoisotopic (exact) mass is 219 g/mol. The molecular formula is C9H6ClN5. The highest BCUT2D eigenvalue weighted by atomic mass is 35.5. The van der Waals surface area contributed by atoms with Gasteiger partial charge >= 0.3 is 0 Å². The summed E-state index contributed by atoms with van der Waals surface area (Å²) in [4.78, 5) is 4.16. The van der Waals surface area contributed by atoms with Crippen molar-refractivity contribution in [3.63, 3.8) is 0 Å². The summed E-state index contributed by atoms with van der Waals surface area (Å²) < 4.78 is 1.59. The minimum absolute atomic E-state index is 0.537. The van der Waals surface area contributed by atoms with Gasteiger partial charge in [-0.1, -0.05) is 11.6 Å². The molecule has 0 radical (unpaired) electrons. The molecular weight excluding hydrogens is 214 g/mol. The first-order chi connectivity index (χ1) is 7.34. The summed E-state index contributed by atoms with van der Waals surface area (Å²) in [6.07, 6.45) is 5.13. The largest absolute Gasteiger partial charge is 0.285 e. The molecule has 0 amide bonds. The van der Waals surface area contributed by atoms with Gasteiger partial charge in [0.25, 0.3) is 0 Å². The van der Waals surface area contributed by atoms with E-state index in [2.05, 4.69) is 20.3 Å². The number of H-pyrrole nitrogens is 1. The van der Waals surface area contributed by atoms with Gasteiger partial charge in [-0.05, 0) is 6.07 Å². The van der Waals surface area contributed by atoms with Gasteiger partial charge in [0.05, 0.1) is 11.9 Å². The molecule has 0 spiro atoms. The van der Waals surface area contributed by atoms with E-state index in [1.165, 1.54) is 0 Å². The molecule has 6 heteroatoms. The molecule has 15 heavy (non-hydrogen) atoms. The van der Waals surface area contributed by atoms with E-state index >= 15 is 0 Å². The molecule has 3 aromatic rings. The van der Waals surface area contributed by atoms with Crippen LogP contribution < -0.4 is 0 Å². The smallest absolute Gasteiger partial charge is 0.157 e. The van der Waals surface area contributed by atoms with Crippen molar-refractivity contribution in [2.24, 2.45) is 0 Å². The van der Waals surface area contributed by atoms with Crippen LogP contribution in [0.1, 0.15) is 0 Å². The normalized spacial score (nSPS) is 11.0. The second kappa shape index (κ2) is 3.06. The molecule has 0 fully saturated rings. The molecule has 0 aliphatic carbocycles. The van der Waals surface area contributed by atoms with E-state index < -0.39 is 0 Å². The number of aromatic amines is 1. The Morgan fingerprint density at radius 3 is 3.07 bits per heavy atom. The predicted octanol–water partition coefficient (Wildman–Crippen LogP) is 1.77. The molecule has 0 saturated heterocycles. The van der Waals surface area contributed by atoms with Crippen LogP contribution in [0.4, 0.5) is 0 Å². The summed E-state index contributed by atoms with van der Waals surface area (Å²) in [5.74, 6) is 0. The number of halogens is 1. The molecule has 0 aromatic carbocycles. The second-order valence-corrected chi connectivity index (χ2v) is 3.44. The van der Waals surface area contributed by atoms with Crippen molar-refractivity contribution in [3.05, 3.63) is 35.9 Å². The van der Waals surface area contributed by atoms with Crippen LogP contribution in [0.15, 0.2) is 30.7 Å². The van der Waals surface area contributed by atoms with E-state index in [-0.39, 0.29) is 0 Å². The van der Waals surface area contributed by atoms with Crippen molar-refractivity contribution in [1.29, 1.82) is 0 Å². The fourth-order valence-electron chi connectivity index (χ4n) is 1.40. The molecule has 5 nitrogen and oxygen atoms in total. The van der Waals surface area contributed by atoms with Gasteiger partial charge in [0.2, 0.25) is 0 Å². The lowest BCUT2D eigenvalue weighted by molar-refractivity contribution is 0.944. The lowest BCUT2D eigenvalue weighted by Crippen LogP contribution is -1.90. The maximum Gasteiger partial charge on any atom is 0.157 e. The van der Waals surface area contributed by atoms with Crippen LogP contribution in [0.25, 0.3) is 16.9 Å². The zero-order chi connectivity index (χ0) is 10.3. The van der Waals surface area contributed by atoms with Gasteiger partial charge in [-0.3, -0.25) is 5.10 Å². The Bertz CT molecular complexity index is 598.